The van der Waals surface area contributed by atoms with Crippen LogP contribution in [0.2, 0.25) is 5.02 Å². The van der Waals surface area contributed by atoms with Gasteiger partial charge in [0.1, 0.15) is 17.5 Å². The smallest absolute Gasteiger partial charge is 0.261 e. The summed E-state index contributed by atoms with van der Waals surface area (Å²) in [5.74, 6) is 0.691. The van der Waals surface area contributed by atoms with E-state index in [9.17, 15) is 21.6 Å². The first kappa shape index (κ1) is 34.7. The fourth-order valence-electron chi connectivity index (χ4n) is 4.96. The molecule has 17 heteroatoms. The van der Waals surface area contributed by atoms with Gasteiger partial charge in [0.05, 0.1) is 39.8 Å². The van der Waals surface area contributed by atoms with Crippen molar-refractivity contribution in [2.75, 3.05) is 57.7 Å². The number of nitrogens with zero attached hydrogens (tertiary/aromatic N) is 5. The summed E-state index contributed by atoms with van der Waals surface area (Å²) in [6, 6.07) is 10.1. The van der Waals surface area contributed by atoms with Crippen LogP contribution >= 0.6 is 11.6 Å². The van der Waals surface area contributed by atoms with E-state index in [4.69, 9.17) is 21.1 Å². The molecule has 2 N–H and O–H groups in total. The standard InChI is InChI=1S/C30H36ClN7O7S2/c1-37(46(3,40)41)11-12-38-28-20(15-25(29(38)39)27-26(31)16-24(19-33-27)47(42,43)14-13-44-2)17-34-30(36-28)35-21-6-8-22(9-7-21)45-23-5-4-10-32-18-23/h6-9,15-17,19,23,32H,4-5,10-14,18H2,1-3H3,(H,34,35,36). The summed E-state index contributed by atoms with van der Waals surface area (Å²) in [6.45, 7) is 1.72. The first-order valence-corrected chi connectivity index (χ1v) is 18.7. The van der Waals surface area contributed by atoms with Crippen molar-refractivity contribution in [1.29, 1.82) is 0 Å². The van der Waals surface area contributed by atoms with E-state index in [0.29, 0.717) is 11.1 Å². The van der Waals surface area contributed by atoms with Gasteiger partial charge >= 0.3 is 0 Å². The molecule has 3 aromatic heterocycles. The monoisotopic (exact) mass is 705 g/mol. The highest BCUT2D eigenvalue weighted by Crippen LogP contribution is 2.29. The lowest BCUT2D eigenvalue weighted by molar-refractivity contribution is 0.167. The van der Waals surface area contributed by atoms with Crippen molar-refractivity contribution >= 4 is 54.1 Å². The van der Waals surface area contributed by atoms with Gasteiger partial charge in [-0.25, -0.2) is 26.1 Å². The van der Waals surface area contributed by atoms with Crippen LogP contribution in [-0.4, -0.2) is 99.2 Å². The Bertz CT molecular complexity index is 2020. The number of sulfone groups is 1. The molecule has 1 fully saturated rings. The van der Waals surface area contributed by atoms with Crippen LogP contribution in [0.1, 0.15) is 12.8 Å². The maximum atomic E-state index is 14.0. The van der Waals surface area contributed by atoms with Gasteiger partial charge in [-0.15, -0.1) is 0 Å². The number of halogens is 1. The van der Waals surface area contributed by atoms with Gasteiger partial charge in [-0.3, -0.25) is 14.3 Å². The van der Waals surface area contributed by atoms with Gasteiger partial charge in [0, 0.05) is 57.3 Å². The molecule has 0 bridgehead atoms. The third-order valence-corrected chi connectivity index (χ3v) is 10.9. The number of sulfonamides is 1. The summed E-state index contributed by atoms with van der Waals surface area (Å²) in [4.78, 5) is 27.1. The summed E-state index contributed by atoms with van der Waals surface area (Å²) in [5.41, 5.74) is 0.517. The SMILES string of the molecule is COCCS(=O)(=O)c1cnc(-c2cc3cnc(Nc4ccc(OC5CCCNC5)cc4)nc3n(CCN(C)S(C)(=O)=O)c2=O)c(Cl)c1. The lowest BCUT2D eigenvalue weighted by Crippen LogP contribution is -2.37. The molecule has 1 aromatic carbocycles. The highest BCUT2D eigenvalue weighted by atomic mass is 35.5. The third kappa shape index (κ3) is 8.44. The van der Waals surface area contributed by atoms with Crippen LogP contribution in [0.15, 0.2) is 58.5 Å². The topological polar surface area (TPSA) is 175 Å². The van der Waals surface area contributed by atoms with Crippen molar-refractivity contribution in [3.8, 4) is 17.0 Å². The van der Waals surface area contributed by atoms with Crippen molar-refractivity contribution < 1.29 is 26.3 Å². The number of pyridine rings is 2. The van der Waals surface area contributed by atoms with E-state index in [0.717, 1.165) is 48.4 Å². The zero-order valence-corrected chi connectivity index (χ0v) is 28.5. The molecular formula is C30H36ClN7O7S2. The van der Waals surface area contributed by atoms with Crippen LogP contribution in [0.3, 0.4) is 0 Å². The third-order valence-electron chi connectivity index (χ3n) is 7.68. The van der Waals surface area contributed by atoms with E-state index in [1.165, 1.54) is 37.1 Å². The number of ether oxygens (including phenoxy) is 2. The van der Waals surface area contributed by atoms with Gasteiger partial charge in [-0.05, 0) is 55.8 Å². The predicted octanol–water partition coefficient (Wildman–Crippen LogP) is 2.69. The first-order chi connectivity index (χ1) is 22.4. The van der Waals surface area contributed by atoms with Gasteiger partial charge in [0.2, 0.25) is 16.0 Å². The Balaban J connectivity index is 1.49. The highest BCUT2D eigenvalue weighted by molar-refractivity contribution is 7.91. The highest BCUT2D eigenvalue weighted by Gasteiger charge is 2.22. The largest absolute Gasteiger partial charge is 0.489 e. The number of anilines is 2. The number of piperidine rings is 1. The van der Waals surface area contributed by atoms with Gasteiger partial charge in [-0.2, -0.15) is 4.98 Å². The molecule has 0 radical (unpaired) electrons. The van der Waals surface area contributed by atoms with E-state index < -0.39 is 25.4 Å². The molecule has 252 valence electrons. The van der Waals surface area contributed by atoms with E-state index in [1.807, 2.05) is 24.3 Å². The Kier molecular flexibility index (Phi) is 10.8. The molecule has 5 rings (SSSR count). The van der Waals surface area contributed by atoms with Crippen molar-refractivity contribution in [3.63, 3.8) is 0 Å². The molecule has 1 atom stereocenters. The Labute approximate surface area is 278 Å². The number of aromatic nitrogens is 4. The quantitative estimate of drug-likeness (QED) is 0.208. The average Bonchev–Trinajstić information content (AvgIpc) is 3.04. The number of nitrogens with one attached hydrogen (secondary N) is 2. The second-order valence-corrected chi connectivity index (χ2v) is 15.7. The van der Waals surface area contributed by atoms with Gasteiger partial charge in [0.25, 0.3) is 5.56 Å². The summed E-state index contributed by atoms with van der Waals surface area (Å²) in [5, 5.41) is 6.87. The molecule has 0 amide bonds. The van der Waals surface area contributed by atoms with Crippen LogP contribution in [-0.2, 0) is 31.1 Å². The minimum absolute atomic E-state index is 0.00603. The van der Waals surface area contributed by atoms with Gasteiger partial charge < -0.3 is 20.1 Å². The van der Waals surface area contributed by atoms with Gasteiger partial charge in [0.15, 0.2) is 9.84 Å². The molecule has 1 aliphatic rings. The molecule has 0 aliphatic carbocycles. The zero-order valence-electron chi connectivity index (χ0n) is 26.1. The normalized spacial score (nSPS) is 15.6. The first-order valence-electron chi connectivity index (χ1n) is 14.8. The lowest BCUT2D eigenvalue weighted by atomic mass is 10.1. The molecular weight excluding hydrogens is 670 g/mol. The molecule has 0 spiro atoms. The van der Waals surface area contributed by atoms with Gasteiger partial charge in [-0.1, -0.05) is 11.6 Å². The molecule has 1 unspecified atom stereocenters. The second-order valence-electron chi connectivity index (χ2n) is 11.1. The number of methoxy groups -OCH3 is 1. The maximum Gasteiger partial charge on any atom is 0.261 e. The number of fused-ring (bicyclic) bond motifs is 1. The Morgan fingerprint density at radius 3 is 2.55 bits per heavy atom. The van der Waals surface area contributed by atoms with E-state index >= 15 is 0 Å². The Hall–Kier alpha value is -3.67. The number of likely N-dealkylation sites (N-methyl/N-ethyl adjacent to an activating group) is 1. The van der Waals surface area contributed by atoms with Crippen molar-refractivity contribution in [2.24, 2.45) is 0 Å². The molecule has 4 aromatic rings. The average molecular weight is 706 g/mol. The Morgan fingerprint density at radius 1 is 1.13 bits per heavy atom. The second kappa shape index (κ2) is 14.6. The van der Waals surface area contributed by atoms with Crippen LogP contribution in [0, 0.1) is 0 Å². The van der Waals surface area contributed by atoms with E-state index in [1.54, 1.807) is 0 Å². The number of benzene rings is 1. The minimum Gasteiger partial charge on any atom is -0.489 e. The van der Waals surface area contributed by atoms with Crippen LogP contribution < -0.4 is 20.9 Å². The van der Waals surface area contributed by atoms with E-state index in [-0.39, 0.29) is 64.3 Å². The molecule has 4 heterocycles. The summed E-state index contributed by atoms with van der Waals surface area (Å²) >= 11 is 6.50. The molecule has 0 saturated carbocycles. The van der Waals surface area contributed by atoms with E-state index in [2.05, 4.69) is 25.6 Å². The molecule has 1 saturated heterocycles. The predicted molar refractivity (Wildman–Crippen MR) is 180 cm³/mol. The van der Waals surface area contributed by atoms with Crippen LogP contribution in [0.5, 0.6) is 5.75 Å². The summed E-state index contributed by atoms with van der Waals surface area (Å²) in [6.07, 6.45) is 5.91. The zero-order chi connectivity index (χ0) is 33.8. The van der Waals surface area contributed by atoms with Crippen molar-refractivity contribution in [2.45, 2.75) is 30.4 Å². The fraction of sp³-hybridized carbons (Fsp3) is 0.400. The molecule has 1 aliphatic heterocycles. The summed E-state index contributed by atoms with van der Waals surface area (Å²) < 4.78 is 62.9. The van der Waals surface area contributed by atoms with Crippen molar-refractivity contribution in [3.05, 3.63) is 64.2 Å². The number of hydrogen-bond acceptors (Lipinski definition) is 12. The van der Waals surface area contributed by atoms with Crippen LogP contribution in [0.25, 0.3) is 22.3 Å². The summed E-state index contributed by atoms with van der Waals surface area (Å²) in [7, 11) is -4.45. The minimum atomic E-state index is -3.72. The fourth-order valence-corrected chi connectivity index (χ4v) is 6.84. The molecule has 47 heavy (non-hydrogen) atoms. The number of rotatable bonds is 13. The molecule has 14 nitrogen and oxygen atoms in total. The number of hydrogen-bond donors (Lipinski definition) is 2. The Morgan fingerprint density at radius 2 is 1.89 bits per heavy atom. The van der Waals surface area contributed by atoms with Crippen molar-refractivity contribution in [1.82, 2.24) is 29.1 Å². The lowest BCUT2D eigenvalue weighted by Gasteiger charge is -2.24. The van der Waals surface area contributed by atoms with Crippen LogP contribution in [0.4, 0.5) is 11.6 Å². The maximum absolute atomic E-state index is 14.0.